The smallest absolute Gasteiger partial charge is 0.167 e. The second kappa shape index (κ2) is 5.15. The number of hydrogen-bond donors (Lipinski definition) is 3. The lowest BCUT2D eigenvalue weighted by Crippen LogP contribution is -2.69. The maximum absolute atomic E-state index is 13.1. The second-order valence-electron chi connectivity index (χ2n) is 9.28. The van der Waals surface area contributed by atoms with Crippen molar-refractivity contribution in [2.75, 3.05) is 13.2 Å². The fourth-order valence-electron chi connectivity index (χ4n) is 7.29. The van der Waals surface area contributed by atoms with Crippen LogP contribution >= 0.6 is 0 Å². The zero-order valence-corrected chi connectivity index (χ0v) is 14.6. The van der Waals surface area contributed by atoms with Crippen molar-refractivity contribution in [1.29, 1.82) is 0 Å². The van der Waals surface area contributed by atoms with Crippen molar-refractivity contribution in [2.45, 2.75) is 58.0 Å². The number of hydrogen-bond acceptors (Lipinski definition) is 4. The third kappa shape index (κ3) is 1.72. The molecule has 0 heterocycles. The van der Waals surface area contributed by atoms with E-state index in [0.717, 1.165) is 38.5 Å². The highest BCUT2D eigenvalue weighted by Gasteiger charge is 2.71. The number of fused-ring (bicyclic) bond motifs is 3. The maximum Gasteiger partial charge on any atom is 0.167 e. The van der Waals surface area contributed by atoms with Crippen LogP contribution in [-0.4, -0.2) is 40.4 Å². The van der Waals surface area contributed by atoms with Crippen molar-refractivity contribution in [2.24, 2.45) is 34.0 Å². The van der Waals surface area contributed by atoms with Gasteiger partial charge < -0.3 is 15.3 Å². The molecule has 0 aliphatic heterocycles. The fraction of sp³-hybridized carbons (Fsp3) is 0.850. The first kappa shape index (κ1) is 16.7. The van der Waals surface area contributed by atoms with Crippen LogP contribution in [0.2, 0.25) is 0 Å². The Hall–Kier alpha value is -0.710. The fourth-order valence-corrected chi connectivity index (χ4v) is 7.29. The SMILES string of the molecule is C=C1C(=O)C23CC[C@H]1CC2[C@]1(CO)CCC[C@@](C)(CO)C1C[C@H]3O. The van der Waals surface area contributed by atoms with Gasteiger partial charge in [-0.1, -0.05) is 19.9 Å². The van der Waals surface area contributed by atoms with E-state index >= 15 is 0 Å². The van der Waals surface area contributed by atoms with Crippen molar-refractivity contribution < 1.29 is 20.1 Å². The minimum atomic E-state index is -0.737. The molecule has 0 aromatic heterocycles. The van der Waals surface area contributed by atoms with E-state index in [-0.39, 0.29) is 47.6 Å². The van der Waals surface area contributed by atoms with E-state index in [9.17, 15) is 20.1 Å². The second-order valence-corrected chi connectivity index (χ2v) is 9.28. The standard InChI is InChI=1S/C20H30O4/c1-12-13-4-7-20(17(12)24)15(8-13)19(11-22)6-3-5-18(2,10-21)14(19)9-16(20)23/h13-16,21-23H,1,3-11H2,2H3/t13-,14?,15?,16+,18-,19-,20?/m0/s1. The van der Waals surface area contributed by atoms with Gasteiger partial charge in [-0.15, -0.1) is 0 Å². The van der Waals surface area contributed by atoms with Crippen molar-refractivity contribution in [3.05, 3.63) is 12.2 Å². The highest BCUT2D eigenvalue weighted by atomic mass is 16.3. The van der Waals surface area contributed by atoms with Crippen LogP contribution in [0.15, 0.2) is 12.2 Å². The Kier molecular flexibility index (Phi) is 3.59. The largest absolute Gasteiger partial charge is 0.396 e. The Balaban J connectivity index is 1.86. The first-order chi connectivity index (χ1) is 11.4. The zero-order chi connectivity index (χ0) is 17.3. The van der Waals surface area contributed by atoms with Crippen LogP contribution in [0.5, 0.6) is 0 Å². The molecular formula is C20H30O4. The summed E-state index contributed by atoms with van der Waals surface area (Å²) < 4.78 is 0. The number of carbonyl (C=O) groups excluding carboxylic acids is 1. The van der Waals surface area contributed by atoms with Gasteiger partial charge >= 0.3 is 0 Å². The molecule has 0 radical (unpaired) electrons. The quantitative estimate of drug-likeness (QED) is 0.676. The molecule has 2 bridgehead atoms. The summed E-state index contributed by atoms with van der Waals surface area (Å²) in [4.78, 5) is 13.1. The molecule has 1 spiro atoms. The summed E-state index contributed by atoms with van der Waals surface area (Å²) in [6, 6.07) is 0. The Morgan fingerprint density at radius 3 is 2.54 bits per heavy atom. The van der Waals surface area contributed by atoms with Gasteiger partial charge in [0.1, 0.15) is 0 Å². The van der Waals surface area contributed by atoms with E-state index in [1.165, 1.54) is 0 Å². The number of rotatable bonds is 2. The van der Waals surface area contributed by atoms with E-state index < -0.39 is 11.5 Å². The monoisotopic (exact) mass is 334 g/mol. The van der Waals surface area contributed by atoms with E-state index in [2.05, 4.69) is 13.5 Å². The van der Waals surface area contributed by atoms with Gasteiger partial charge in [-0.25, -0.2) is 0 Å². The highest BCUT2D eigenvalue weighted by Crippen LogP contribution is 2.70. The molecule has 0 aromatic carbocycles. The number of aliphatic hydroxyl groups excluding tert-OH is 3. The average molecular weight is 334 g/mol. The Bertz CT molecular complexity index is 586. The third-order valence-electron chi connectivity index (χ3n) is 8.58. The van der Waals surface area contributed by atoms with Crippen molar-refractivity contribution in [3.63, 3.8) is 0 Å². The summed E-state index contributed by atoms with van der Waals surface area (Å²) >= 11 is 0. The molecule has 5 fully saturated rings. The molecule has 4 nitrogen and oxygen atoms in total. The van der Waals surface area contributed by atoms with Crippen LogP contribution in [0.25, 0.3) is 0 Å². The molecular weight excluding hydrogens is 304 g/mol. The summed E-state index contributed by atoms with van der Waals surface area (Å²) in [6.07, 6.45) is 5.14. The van der Waals surface area contributed by atoms with Crippen LogP contribution in [0.1, 0.15) is 51.9 Å². The van der Waals surface area contributed by atoms with E-state index in [0.29, 0.717) is 12.0 Å². The topological polar surface area (TPSA) is 77.8 Å². The Labute approximate surface area is 144 Å². The Morgan fingerprint density at radius 1 is 1.12 bits per heavy atom. The summed E-state index contributed by atoms with van der Waals surface area (Å²) in [5.74, 6) is 0.359. The predicted molar refractivity (Wildman–Crippen MR) is 90.1 cm³/mol. The lowest BCUT2D eigenvalue weighted by Gasteiger charge is -2.68. The van der Waals surface area contributed by atoms with Crippen LogP contribution in [0.3, 0.4) is 0 Å². The molecule has 5 aliphatic carbocycles. The molecule has 4 heteroatoms. The van der Waals surface area contributed by atoms with Crippen LogP contribution in [0.4, 0.5) is 0 Å². The third-order valence-corrected chi connectivity index (χ3v) is 8.58. The maximum atomic E-state index is 13.1. The van der Waals surface area contributed by atoms with Crippen LogP contribution in [-0.2, 0) is 4.79 Å². The van der Waals surface area contributed by atoms with E-state index in [1.807, 2.05) is 0 Å². The minimum absolute atomic E-state index is 0.0201. The van der Waals surface area contributed by atoms with E-state index in [4.69, 9.17) is 0 Å². The summed E-state index contributed by atoms with van der Waals surface area (Å²) in [7, 11) is 0. The first-order valence-corrected chi connectivity index (χ1v) is 9.49. The van der Waals surface area contributed by atoms with Crippen molar-refractivity contribution in [1.82, 2.24) is 0 Å². The van der Waals surface area contributed by atoms with Gasteiger partial charge in [-0.3, -0.25) is 4.79 Å². The predicted octanol–water partition coefficient (Wildman–Crippen LogP) is 2.07. The van der Waals surface area contributed by atoms with Crippen LogP contribution in [0, 0.1) is 34.0 Å². The molecule has 7 atom stereocenters. The molecule has 0 saturated heterocycles. The molecule has 3 unspecified atom stereocenters. The number of aliphatic hydroxyl groups is 3. The molecule has 0 amide bonds. The van der Waals surface area contributed by atoms with Crippen molar-refractivity contribution in [3.8, 4) is 0 Å². The van der Waals surface area contributed by atoms with Gasteiger partial charge in [0.05, 0.1) is 11.5 Å². The van der Waals surface area contributed by atoms with E-state index in [1.54, 1.807) is 0 Å². The number of allylic oxidation sites excluding steroid dienone is 1. The van der Waals surface area contributed by atoms with Gasteiger partial charge in [0, 0.05) is 18.6 Å². The lowest BCUT2D eigenvalue weighted by molar-refractivity contribution is -0.233. The zero-order valence-electron chi connectivity index (χ0n) is 14.6. The van der Waals surface area contributed by atoms with Crippen LogP contribution < -0.4 is 0 Å². The van der Waals surface area contributed by atoms with Gasteiger partial charge in [-0.2, -0.15) is 0 Å². The van der Waals surface area contributed by atoms with Gasteiger partial charge in [-0.05, 0) is 67.3 Å². The summed E-state index contributed by atoms with van der Waals surface area (Å²) in [5.41, 5.74) is -0.660. The van der Waals surface area contributed by atoms with Crippen molar-refractivity contribution >= 4 is 5.78 Å². The molecule has 134 valence electrons. The minimum Gasteiger partial charge on any atom is -0.396 e. The van der Waals surface area contributed by atoms with Gasteiger partial charge in [0.25, 0.3) is 0 Å². The highest BCUT2D eigenvalue weighted by molar-refractivity contribution is 6.02. The normalized spacial score (nSPS) is 53.7. The number of carbonyl (C=O) groups is 1. The lowest BCUT2D eigenvalue weighted by atomic mass is 9.35. The summed E-state index contributed by atoms with van der Waals surface area (Å²) in [6.45, 7) is 6.26. The Morgan fingerprint density at radius 2 is 1.88 bits per heavy atom. The number of Topliss-reactive ketones (excluding diaryl/α,β-unsaturated/α-hetero) is 1. The van der Waals surface area contributed by atoms with Gasteiger partial charge in [0.15, 0.2) is 5.78 Å². The molecule has 3 N–H and O–H groups in total. The summed E-state index contributed by atoms with van der Waals surface area (Å²) in [5, 5.41) is 31.7. The molecule has 5 saturated carbocycles. The molecule has 24 heavy (non-hydrogen) atoms. The average Bonchev–Trinajstić information content (AvgIpc) is 2.60. The first-order valence-electron chi connectivity index (χ1n) is 9.49. The number of ketones is 1. The molecule has 0 aromatic rings. The molecule has 5 rings (SSSR count). The van der Waals surface area contributed by atoms with Gasteiger partial charge in [0.2, 0.25) is 0 Å². The molecule has 5 aliphatic rings.